The molecule has 1 heterocycles. The van der Waals surface area contributed by atoms with Gasteiger partial charge in [-0.3, -0.25) is 9.59 Å². The van der Waals surface area contributed by atoms with Gasteiger partial charge in [-0.25, -0.2) is 0 Å². The van der Waals surface area contributed by atoms with Gasteiger partial charge in [0.2, 0.25) is 11.8 Å². The molecule has 0 spiro atoms. The van der Waals surface area contributed by atoms with E-state index in [9.17, 15) is 9.59 Å². The van der Waals surface area contributed by atoms with Gasteiger partial charge in [-0.15, -0.1) is 0 Å². The van der Waals surface area contributed by atoms with Crippen molar-refractivity contribution in [2.75, 3.05) is 37.6 Å². The van der Waals surface area contributed by atoms with Crippen LogP contribution in [0.3, 0.4) is 0 Å². The Labute approximate surface area is 119 Å². The molecular weight excluding hydrogens is 254 g/mol. The van der Waals surface area contributed by atoms with Crippen LogP contribution >= 0.6 is 0 Å². The van der Waals surface area contributed by atoms with Crippen LogP contribution in [-0.4, -0.2) is 49.4 Å². The first kappa shape index (κ1) is 14.4. The molecule has 1 N–H and O–H groups in total. The largest absolute Gasteiger partial charge is 0.368 e. The number of hydrogen-bond acceptors (Lipinski definition) is 3. The molecule has 20 heavy (non-hydrogen) atoms. The Bertz CT molecular complexity index is 453. The van der Waals surface area contributed by atoms with Gasteiger partial charge in [-0.05, 0) is 12.1 Å². The maximum absolute atomic E-state index is 12.0. The van der Waals surface area contributed by atoms with Crippen molar-refractivity contribution in [2.24, 2.45) is 0 Å². The molecular formula is C15H21N3O2. The van der Waals surface area contributed by atoms with E-state index in [2.05, 4.69) is 22.3 Å². The molecule has 0 aliphatic carbocycles. The number of nitrogens with zero attached hydrogens (tertiary/aromatic N) is 2. The minimum atomic E-state index is -0.0822. The van der Waals surface area contributed by atoms with Crippen molar-refractivity contribution in [3.8, 4) is 0 Å². The zero-order valence-electron chi connectivity index (χ0n) is 11.8. The Morgan fingerprint density at radius 2 is 1.75 bits per heavy atom. The highest BCUT2D eigenvalue weighted by Crippen LogP contribution is 2.15. The maximum atomic E-state index is 12.0. The van der Waals surface area contributed by atoms with Crippen LogP contribution in [0.15, 0.2) is 30.3 Å². The second-order valence-electron chi connectivity index (χ2n) is 4.83. The summed E-state index contributed by atoms with van der Waals surface area (Å²) in [5, 5.41) is 2.63. The average molecular weight is 275 g/mol. The number of amides is 2. The lowest BCUT2D eigenvalue weighted by Crippen LogP contribution is -2.51. The molecule has 1 fully saturated rings. The fraction of sp³-hybridized carbons (Fsp3) is 0.467. The van der Waals surface area contributed by atoms with E-state index in [4.69, 9.17) is 0 Å². The Morgan fingerprint density at radius 3 is 2.35 bits per heavy atom. The molecule has 108 valence electrons. The number of carbonyl (C=O) groups is 2. The number of hydrogen-bond donors (Lipinski definition) is 1. The molecule has 5 nitrogen and oxygen atoms in total. The molecule has 2 rings (SSSR count). The van der Waals surface area contributed by atoms with E-state index in [1.54, 1.807) is 6.92 Å². The highest BCUT2D eigenvalue weighted by molar-refractivity contribution is 5.84. The van der Waals surface area contributed by atoms with Gasteiger partial charge in [0.05, 0.1) is 6.54 Å². The third kappa shape index (κ3) is 3.73. The second-order valence-corrected chi connectivity index (χ2v) is 4.83. The number of anilines is 1. The number of para-hydroxylation sites is 1. The SMILES string of the molecule is CCC(=O)NCC(=O)N1CCN(c2ccccc2)CC1. The molecule has 1 saturated heterocycles. The first-order valence-corrected chi connectivity index (χ1v) is 7.05. The van der Waals surface area contributed by atoms with Crippen molar-refractivity contribution < 1.29 is 9.59 Å². The van der Waals surface area contributed by atoms with Gasteiger partial charge in [0.15, 0.2) is 0 Å². The zero-order chi connectivity index (χ0) is 14.4. The summed E-state index contributed by atoms with van der Waals surface area (Å²) < 4.78 is 0. The quantitative estimate of drug-likeness (QED) is 0.887. The van der Waals surface area contributed by atoms with E-state index in [-0.39, 0.29) is 18.4 Å². The summed E-state index contributed by atoms with van der Waals surface area (Å²) >= 11 is 0. The Kier molecular flexibility index (Phi) is 4.98. The van der Waals surface area contributed by atoms with E-state index >= 15 is 0 Å². The summed E-state index contributed by atoms with van der Waals surface area (Å²) in [6.45, 7) is 4.96. The summed E-state index contributed by atoms with van der Waals surface area (Å²) in [6, 6.07) is 10.2. The Morgan fingerprint density at radius 1 is 1.10 bits per heavy atom. The smallest absolute Gasteiger partial charge is 0.242 e. The molecule has 0 aromatic heterocycles. The number of carbonyl (C=O) groups excluding carboxylic acids is 2. The number of rotatable bonds is 4. The van der Waals surface area contributed by atoms with Gasteiger partial charge in [-0.1, -0.05) is 25.1 Å². The molecule has 0 saturated carbocycles. The fourth-order valence-electron chi connectivity index (χ4n) is 2.26. The summed E-state index contributed by atoms with van der Waals surface area (Å²) in [4.78, 5) is 27.2. The highest BCUT2D eigenvalue weighted by Gasteiger charge is 2.21. The minimum Gasteiger partial charge on any atom is -0.368 e. The number of nitrogens with one attached hydrogen (secondary N) is 1. The first-order valence-electron chi connectivity index (χ1n) is 7.05. The summed E-state index contributed by atoms with van der Waals surface area (Å²) in [6.07, 6.45) is 0.412. The van der Waals surface area contributed by atoms with Gasteiger partial charge < -0.3 is 15.1 Å². The summed E-state index contributed by atoms with van der Waals surface area (Å²) in [7, 11) is 0. The molecule has 1 aliphatic heterocycles. The highest BCUT2D eigenvalue weighted by atomic mass is 16.2. The van der Waals surface area contributed by atoms with Crippen LogP contribution in [-0.2, 0) is 9.59 Å². The number of benzene rings is 1. The third-order valence-corrected chi connectivity index (χ3v) is 3.51. The van der Waals surface area contributed by atoms with Crippen molar-refractivity contribution in [3.05, 3.63) is 30.3 Å². The van der Waals surface area contributed by atoms with Crippen molar-refractivity contribution in [3.63, 3.8) is 0 Å². The van der Waals surface area contributed by atoms with E-state index in [1.165, 1.54) is 5.69 Å². The van der Waals surface area contributed by atoms with E-state index in [1.807, 2.05) is 23.1 Å². The van der Waals surface area contributed by atoms with Crippen molar-refractivity contribution in [1.82, 2.24) is 10.2 Å². The molecule has 0 atom stereocenters. The van der Waals surface area contributed by atoms with Crippen LogP contribution in [0.4, 0.5) is 5.69 Å². The summed E-state index contributed by atoms with van der Waals surface area (Å²) in [5.74, 6) is -0.0826. The third-order valence-electron chi connectivity index (χ3n) is 3.51. The topological polar surface area (TPSA) is 52.7 Å². The average Bonchev–Trinajstić information content (AvgIpc) is 2.53. The van der Waals surface area contributed by atoms with E-state index in [0.29, 0.717) is 19.5 Å². The Hall–Kier alpha value is -2.04. The normalized spacial score (nSPS) is 15.1. The van der Waals surface area contributed by atoms with Gasteiger partial charge in [-0.2, -0.15) is 0 Å². The van der Waals surface area contributed by atoms with Gasteiger partial charge >= 0.3 is 0 Å². The maximum Gasteiger partial charge on any atom is 0.242 e. The van der Waals surface area contributed by atoms with Crippen molar-refractivity contribution in [1.29, 1.82) is 0 Å². The molecule has 1 aromatic carbocycles. The molecule has 5 heteroatoms. The van der Waals surface area contributed by atoms with Crippen LogP contribution in [0, 0.1) is 0 Å². The first-order chi connectivity index (χ1) is 9.70. The molecule has 1 aliphatic rings. The standard InChI is InChI=1S/C15H21N3O2/c1-2-14(19)16-12-15(20)18-10-8-17(9-11-18)13-6-4-3-5-7-13/h3-7H,2,8-12H2,1H3,(H,16,19). The monoisotopic (exact) mass is 275 g/mol. The van der Waals surface area contributed by atoms with E-state index < -0.39 is 0 Å². The summed E-state index contributed by atoms with van der Waals surface area (Å²) in [5.41, 5.74) is 1.19. The van der Waals surface area contributed by atoms with Crippen LogP contribution < -0.4 is 10.2 Å². The lowest BCUT2D eigenvalue weighted by molar-refractivity contribution is -0.133. The van der Waals surface area contributed by atoms with Crippen LogP contribution in [0.5, 0.6) is 0 Å². The van der Waals surface area contributed by atoms with Gasteiger partial charge in [0, 0.05) is 38.3 Å². The predicted molar refractivity (Wildman–Crippen MR) is 78.5 cm³/mol. The predicted octanol–water partition coefficient (Wildman–Crippen LogP) is 0.861. The van der Waals surface area contributed by atoms with E-state index in [0.717, 1.165) is 13.1 Å². The molecule has 1 aromatic rings. The van der Waals surface area contributed by atoms with Crippen LogP contribution in [0.1, 0.15) is 13.3 Å². The molecule has 0 bridgehead atoms. The van der Waals surface area contributed by atoms with Crippen molar-refractivity contribution >= 4 is 17.5 Å². The molecule has 0 radical (unpaired) electrons. The lowest BCUT2D eigenvalue weighted by atomic mass is 10.2. The zero-order valence-corrected chi connectivity index (χ0v) is 11.8. The van der Waals surface area contributed by atoms with Gasteiger partial charge in [0.1, 0.15) is 0 Å². The minimum absolute atomic E-state index is 0.000452. The number of piperazine rings is 1. The van der Waals surface area contributed by atoms with Crippen LogP contribution in [0.25, 0.3) is 0 Å². The second kappa shape index (κ2) is 6.93. The van der Waals surface area contributed by atoms with Crippen LogP contribution in [0.2, 0.25) is 0 Å². The van der Waals surface area contributed by atoms with Gasteiger partial charge in [0.25, 0.3) is 0 Å². The van der Waals surface area contributed by atoms with Crippen molar-refractivity contribution in [2.45, 2.75) is 13.3 Å². The molecule has 0 unspecified atom stereocenters. The fourth-order valence-corrected chi connectivity index (χ4v) is 2.26. The molecule has 2 amide bonds. The Balaban J connectivity index is 1.79. The lowest BCUT2D eigenvalue weighted by Gasteiger charge is -2.36.